The van der Waals surface area contributed by atoms with Crippen LogP contribution >= 0.6 is 0 Å². The van der Waals surface area contributed by atoms with Crippen molar-refractivity contribution in [1.29, 1.82) is 0 Å². The third-order valence-electron chi connectivity index (χ3n) is 3.41. The maximum Gasteiger partial charge on any atom is 0.269 e. The van der Waals surface area contributed by atoms with Crippen LogP contribution in [0.25, 0.3) is 0 Å². The predicted molar refractivity (Wildman–Crippen MR) is 72.1 cm³/mol. The van der Waals surface area contributed by atoms with Crippen LogP contribution in [-0.4, -0.2) is 16.1 Å². The van der Waals surface area contributed by atoms with Crippen molar-refractivity contribution >= 4 is 5.69 Å². The molecule has 1 aliphatic heterocycles. The molecule has 3 unspecified atom stereocenters. The van der Waals surface area contributed by atoms with Gasteiger partial charge >= 0.3 is 0 Å². The van der Waals surface area contributed by atoms with E-state index in [4.69, 9.17) is 4.74 Å². The van der Waals surface area contributed by atoms with Crippen molar-refractivity contribution in [2.24, 2.45) is 0 Å². The van der Waals surface area contributed by atoms with Crippen molar-refractivity contribution in [2.75, 3.05) is 0 Å². The molecule has 102 valence electrons. The Morgan fingerprint density at radius 3 is 2.35 bits per heavy atom. The van der Waals surface area contributed by atoms with Crippen molar-refractivity contribution in [3.63, 3.8) is 0 Å². The fraction of sp³-hybridized carbons (Fsp3) is 0.200. The zero-order valence-electron chi connectivity index (χ0n) is 10.5. The highest BCUT2D eigenvalue weighted by Crippen LogP contribution is 2.45. The van der Waals surface area contributed by atoms with E-state index in [2.05, 4.69) is 0 Å². The number of aliphatic hydroxyl groups is 1. The van der Waals surface area contributed by atoms with Gasteiger partial charge in [0.1, 0.15) is 18.3 Å². The van der Waals surface area contributed by atoms with E-state index in [9.17, 15) is 15.2 Å². The summed E-state index contributed by atoms with van der Waals surface area (Å²) < 4.78 is 5.50. The Labute approximate surface area is 115 Å². The number of benzene rings is 2. The summed E-state index contributed by atoms with van der Waals surface area (Å²) in [4.78, 5) is 10.2. The minimum Gasteiger partial charge on any atom is -0.386 e. The first kappa shape index (κ1) is 12.8. The molecule has 2 aromatic carbocycles. The molecule has 0 bridgehead atoms. The molecule has 1 N–H and O–H groups in total. The molecule has 0 aliphatic carbocycles. The highest BCUT2D eigenvalue weighted by Gasteiger charge is 2.45. The average Bonchev–Trinajstić information content (AvgIpc) is 3.28. The van der Waals surface area contributed by atoms with Crippen molar-refractivity contribution in [3.8, 4) is 0 Å². The number of hydrogen-bond donors (Lipinski definition) is 1. The van der Waals surface area contributed by atoms with Gasteiger partial charge in [0.15, 0.2) is 0 Å². The van der Waals surface area contributed by atoms with Gasteiger partial charge in [-0.15, -0.1) is 0 Å². The number of ether oxygens (including phenoxy) is 1. The normalized spacial score (nSPS) is 22.2. The van der Waals surface area contributed by atoms with Gasteiger partial charge in [0.05, 0.1) is 4.92 Å². The molecule has 0 amide bonds. The van der Waals surface area contributed by atoms with Gasteiger partial charge in [-0.25, -0.2) is 0 Å². The number of rotatable bonds is 4. The van der Waals surface area contributed by atoms with E-state index in [0.29, 0.717) is 0 Å². The second-order valence-corrected chi connectivity index (χ2v) is 4.73. The predicted octanol–water partition coefficient (Wildman–Crippen LogP) is 2.77. The lowest BCUT2D eigenvalue weighted by atomic mass is 10.0. The molecule has 0 aromatic heterocycles. The van der Waals surface area contributed by atoms with Crippen molar-refractivity contribution < 1.29 is 14.8 Å². The first-order valence-corrected chi connectivity index (χ1v) is 6.29. The number of non-ortho nitro benzene ring substituents is 1. The van der Waals surface area contributed by atoms with Crippen LogP contribution in [0.3, 0.4) is 0 Å². The van der Waals surface area contributed by atoms with Gasteiger partial charge in [-0.3, -0.25) is 10.1 Å². The van der Waals surface area contributed by atoms with Gasteiger partial charge in [-0.1, -0.05) is 30.3 Å². The lowest BCUT2D eigenvalue weighted by Crippen LogP contribution is -2.05. The minimum absolute atomic E-state index is 0.0505. The lowest BCUT2D eigenvalue weighted by molar-refractivity contribution is -0.384. The van der Waals surface area contributed by atoms with Crippen LogP contribution in [0.2, 0.25) is 0 Å². The monoisotopic (exact) mass is 271 g/mol. The van der Waals surface area contributed by atoms with Gasteiger partial charge in [0.2, 0.25) is 0 Å². The Kier molecular flexibility index (Phi) is 3.22. The van der Waals surface area contributed by atoms with Gasteiger partial charge in [0.25, 0.3) is 5.69 Å². The highest BCUT2D eigenvalue weighted by atomic mass is 16.6. The molecule has 0 spiro atoms. The van der Waals surface area contributed by atoms with E-state index < -0.39 is 11.0 Å². The largest absolute Gasteiger partial charge is 0.386 e. The Morgan fingerprint density at radius 1 is 1.10 bits per heavy atom. The molecule has 2 aromatic rings. The topological polar surface area (TPSA) is 75.9 Å². The fourth-order valence-corrected chi connectivity index (χ4v) is 2.26. The zero-order chi connectivity index (χ0) is 14.1. The summed E-state index contributed by atoms with van der Waals surface area (Å²) in [6.07, 6.45) is -1.18. The van der Waals surface area contributed by atoms with Crippen LogP contribution in [-0.2, 0) is 4.74 Å². The van der Waals surface area contributed by atoms with E-state index in [-0.39, 0.29) is 17.9 Å². The molecule has 3 atom stereocenters. The molecule has 1 aliphatic rings. The van der Waals surface area contributed by atoms with Gasteiger partial charge in [0, 0.05) is 12.1 Å². The third-order valence-corrected chi connectivity index (χ3v) is 3.41. The summed E-state index contributed by atoms with van der Waals surface area (Å²) in [5, 5.41) is 20.8. The van der Waals surface area contributed by atoms with Crippen LogP contribution in [0.4, 0.5) is 5.69 Å². The molecule has 1 saturated heterocycles. The Balaban J connectivity index is 1.71. The van der Waals surface area contributed by atoms with Crippen LogP contribution in [0.1, 0.15) is 23.3 Å². The van der Waals surface area contributed by atoms with Gasteiger partial charge < -0.3 is 9.84 Å². The van der Waals surface area contributed by atoms with Crippen molar-refractivity contribution in [2.45, 2.75) is 18.3 Å². The first-order chi connectivity index (χ1) is 9.66. The number of epoxide rings is 1. The number of nitro benzene ring substituents is 1. The molecular formula is C15H13NO4. The van der Waals surface area contributed by atoms with E-state index in [1.165, 1.54) is 12.1 Å². The summed E-state index contributed by atoms with van der Waals surface area (Å²) in [7, 11) is 0. The average molecular weight is 271 g/mol. The molecule has 0 radical (unpaired) electrons. The Hall–Kier alpha value is -2.24. The standard InChI is InChI=1S/C15H13NO4/c17-13(10-4-2-1-3-5-10)15-14(20-15)11-6-8-12(9-7-11)16(18)19/h1-9,13-15,17H. The quantitative estimate of drug-likeness (QED) is 0.527. The maximum atomic E-state index is 10.6. The third kappa shape index (κ3) is 2.41. The molecule has 1 heterocycles. The van der Waals surface area contributed by atoms with Crippen LogP contribution in [0, 0.1) is 10.1 Å². The van der Waals surface area contributed by atoms with E-state index >= 15 is 0 Å². The second kappa shape index (κ2) is 5.03. The van der Waals surface area contributed by atoms with Crippen molar-refractivity contribution in [3.05, 3.63) is 75.8 Å². The lowest BCUT2D eigenvalue weighted by Gasteiger charge is -2.07. The second-order valence-electron chi connectivity index (χ2n) is 4.73. The van der Waals surface area contributed by atoms with Crippen molar-refractivity contribution in [1.82, 2.24) is 0 Å². The molecule has 5 nitrogen and oxygen atoms in total. The molecular weight excluding hydrogens is 258 g/mol. The molecule has 5 heteroatoms. The molecule has 20 heavy (non-hydrogen) atoms. The van der Waals surface area contributed by atoms with E-state index in [0.717, 1.165) is 11.1 Å². The van der Waals surface area contributed by atoms with Crippen LogP contribution in [0.15, 0.2) is 54.6 Å². The number of hydrogen-bond acceptors (Lipinski definition) is 4. The summed E-state index contributed by atoms with van der Waals surface area (Å²) in [5.41, 5.74) is 1.70. The van der Waals surface area contributed by atoms with Gasteiger partial charge in [-0.2, -0.15) is 0 Å². The smallest absolute Gasteiger partial charge is 0.269 e. The summed E-state index contributed by atoms with van der Waals surface area (Å²) >= 11 is 0. The highest BCUT2D eigenvalue weighted by molar-refractivity contribution is 5.36. The SMILES string of the molecule is O=[N+]([O-])c1ccc(C2OC2C(O)c2ccccc2)cc1. The molecule has 0 saturated carbocycles. The van der Waals surface area contributed by atoms with E-state index in [1.807, 2.05) is 30.3 Å². The summed E-state index contributed by atoms with van der Waals surface area (Å²) in [5.74, 6) is 0. The summed E-state index contributed by atoms with van der Waals surface area (Å²) in [6.45, 7) is 0. The number of nitrogens with zero attached hydrogens (tertiary/aromatic N) is 1. The first-order valence-electron chi connectivity index (χ1n) is 6.29. The van der Waals surface area contributed by atoms with Crippen LogP contribution < -0.4 is 0 Å². The van der Waals surface area contributed by atoms with E-state index in [1.54, 1.807) is 12.1 Å². The number of nitro groups is 1. The Morgan fingerprint density at radius 2 is 1.75 bits per heavy atom. The molecule has 1 fully saturated rings. The summed E-state index contributed by atoms with van der Waals surface area (Å²) in [6, 6.07) is 15.5. The zero-order valence-corrected chi connectivity index (χ0v) is 10.5. The van der Waals surface area contributed by atoms with Gasteiger partial charge in [-0.05, 0) is 23.3 Å². The fourth-order valence-electron chi connectivity index (χ4n) is 2.26. The van der Waals surface area contributed by atoms with Crippen LogP contribution in [0.5, 0.6) is 0 Å². The number of aliphatic hydroxyl groups excluding tert-OH is 1. The maximum absolute atomic E-state index is 10.6. The minimum atomic E-state index is -0.684. The Bertz CT molecular complexity index is 612. The molecule has 3 rings (SSSR count).